The van der Waals surface area contributed by atoms with Crippen molar-refractivity contribution < 1.29 is 4.74 Å². The van der Waals surface area contributed by atoms with E-state index in [4.69, 9.17) is 4.74 Å². The first-order valence-corrected chi connectivity index (χ1v) is 6.44. The van der Waals surface area contributed by atoms with Gasteiger partial charge in [0.15, 0.2) is 11.5 Å². The number of nitrogens with zero attached hydrogens (tertiary/aromatic N) is 3. The lowest BCUT2D eigenvalue weighted by Crippen LogP contribution is -2.01. The third-order valence-corrected chi connectivity index (χ3v) is 4.22. The second-order valence-corrected chi connectivity index (χ2v) is 5.13. The van der Waals surface area contributed by atoms with Crippen molar-refractivity contribution in [1.82, 2.24) is 14.6 Å². The summed E-state index contributed by atoms with van der Waals surface area (Å²) in [6.07, 6.45) is 2.45. The van der Waals surface area contributed by atoms with Gasteiger partial charge in [0.2, 0.25) is 5.88 Å². The van der Waals surface area contributed by atoms with Crippen LogP contribution in [0.4, 0.5) is 0 Å². The SMILES string of the molecule is COc1cccc2nnc(C3CCCS3)n12. The molecule has 1 saturated heterocycles. The Morgan fingerprint density at radius 2 is 2.38 bits per heavy atom. The number of thioether (sulfide) groups is 1. The molecule has 5 heteroatoms. The fourth-order valence-electron chi connectivity index (χ4n) is 2.08. The highest BCUT2D eigenvalue weighted by atomic mass is 32.2. The van der Waals surface area contributed by atoms with E-state index in [2.05, 4.69) is 10.2 Å². The Morgan fingerprint density at radius 3 is 3.12 bits per heavy atom. The number of fused-ring (bicyclic) bond motifs is 1. The number of aromatic nitrogens is 3. The normalized spacial score (nSPS) is 20.4. The maximum absolute atomic E-state index is 5.36. The Hall–Kier alpha value is -1.23. The van der Waals surface area contributed by atoms with Crippen LogP contribution in [0.5, 0.6) is 5.88 Å². The van der Waals surface area contributed by atoms with Gasteiger partial charge in [-0.05, 0) is 30.7 Å². The molecule has 0 amide bonds. The summed E-state index contributed by atoms with van der Waals surface area (Å²) in [4.78, 5) is 0. The molecule has 84 valence electrons. The maximum Gasteiger partial charge on any atom is 0.200 e. The molecule has 1 fully saturated rings. The highest BCUT2D eigenvalue weighted by Gasteiger charge is 2.23. The van der Waals surface area contributed by atoms with Gasteiger partial charge in [0.1, 0.15) is 0 Å². The quantitative estimate of drug-likeness (QED) is 0.800. The van der Waals surface area contributed by atoms with Crippen LogP contribution in [0.3, 0.4) is 0 Å². The maximum atomic E-state index is 5.36. The Balaban J connectivity index is 2.16. The molecule has 1 aliphatic rings. The van der Waals surface area contributed by atoms with Crippen molar-refractivity contribution in [1.29, 1.82) is 0 Å². The van der Waals surface area contributed by atoms with E-state index >= 15 is 0 Å². The molecule has 2 aromatic heterocycles. The van der Waals surface area contributed by atoms with Crippen LogP contribution in [-0.2, 0) is 0 Å². The molecule has 0 spiro atoms. The number of rotatable bonds is 2. The number of ether oxygens (including phenoxy) is 1. The van der Waals surface area contributed by atoms with Crippen molar-refractivity contribution in [3.05, 3.63) is 24.0 Å². The van der Waals surface area contributed by atoms with E-state index in [0.29, 0.717) is 5.25 Å². The molecule has 16 heavy (non-hydrogen) atoms. The molecule has 1 aliphatic heterocycles. The lowest BCUT2D eigenvalue weighted by molar-refractivity contribution is 0.390. The highest BCUT2D eigenvalue weighted by Crippen LogP contribution is 2.39. The molecule has 1 unspecified atom stereocenters. The molecule has 2 aromatic rings. The van der Waals surface area contributed by atoms with E-state index in [9.17, 15) is 0 Å². The predicted molar refractivity (Wildman–Crippen MR) is 64.0 cm³/mol. The minimum Gasteiger partial charge on any atom is -0.482 e. The van der Waals surface area contributed by atoms with E-state index < -0.39 is 0 Å². The van der Waals surface area contributed by atoms with Gasteiger partial charge in [-0.15, -0.1) is 10.2 Å². The van der Waals surface area contributed by atoms with Crippen molar-refractivity contribution >= 4 is 17.4 Å². The lowest BCUT2D eigenvalue weighted by Gasteiger charge is -2.09. The van der Waals surface area contributed by atoms with Crippen molar-refractivity contribution in [2.45, 2.75) is 18.1 Å². The first kappa shape index (κ1) is 9.96. The smallest absolute Gasteiger partial charge is 0.200 e. The van der Waals surface area contributed by atoms with Crippen LogP contribution in [0.2, 0.25) is 0 Å². The van der Waals surface area contributed by atoms with Crippen molar-refractivity contribution in [2.24, 2.45) is 0 Å². The Bertz CT molecular complexity index is 505. The van der Waals surface area contributed by atoms with Crippen LogP contribution in [0.15, 0.2) is 18.2 Å². The van der Waals surface area contributed by atoms with Gasteiger partial charge in [-0.1, -0.05) is 6.07 Å². The molecule has 3 rings (SSSR count). The second-order valence-electron chi connectivity index (χ2n) is 3.82. The molecular weight excluding hydrogens is 222 g/mol. The standard InChI is InChI=1S/C11H13N3OS/c1-15-10-6-2-5-9-12-13-11(14(9)10)8-4-3-7-16-8/h2,5-6,8H,3-4,7H2,1H3. The van der Waals surface area contributed by atoms with Crippen molar-refractivity contribution in [3.8, 4) is 5.88 Å². The molecule has 0 radical (unpaired) electrons. The van der Waals surface area contributed by atoms with Crippen LogP contribution in [-0.4, -0.2) is 27.5 Å². The third-order valence-electron chi connectivity index (χ3n) is 2.84. The summed E-state index contributed by atoms with van der Waals surface area (Å²) in [5.41, 5.74) is 0.863. The van der Waals surface area contributed by atoms with Crippen LogP contribution >= 0.6 is 11.8 Å². The van der Waals surface area contributed by atoms with Gasteiger partial charge in [0.05, 0.1) is 12.4 Å². The average Bonchev–Trinajstić information content (AvgIpc) is 2.96. The highest BCUT2D eigenvalue weighted by molar-refractivity contribution is 7.99. The summed E-state index contributed by atoms with van der Waals surface area (Å²) in [5.74, 6) is 3.05. The first-order chi connectivity index (χ1) is 7.90. The third kappa shape index (κ3) is 1.46. The van der Waals surface area contributed by atoms with Crippen LogP contribution in [0.25, 0.3) is 5.65 Å². The molecule has 0 aliphatic carbocycles. The van der Waals surface area contributed by atoms with Gasteiger partial charge in [-0.25, -0.2) is 4.40 Å². The first-order valence-electron chi connectivity index (χ1n) is 5.40. The van der Waals surface area contributed by atoms with E-state index in [1.807, 2.05) is 34.4 Å². The van der Waals surface area contributed by atoms with E-state index in [1.165, 1.54) is 18.6 Å². The average molecular weight is 235 g/mol. The number of pyridine rings is 1. The van der Waals surface area contributed by atoms with Gasteiger partial charge < -0.3 is 4.74 Å². The summed E-state index contributed by atoms with van der Waals surface area (Å²) < 4.78 is 7.38. The van der Waals surface area contributed by atoms with E-state index in [-0.39, 0.29) is 0 Å². The molecule has 3 heterocycles. The van der Waals surface area contributed by atoms with Gasteiger partial charge in [-0.2, -0.15) is 11.8 Å². The zero-order chi connectivity index (χ0) is 11.0. The summed E-state index contributed by atoms with van der Waals surface area (Å²) in [6.45, 7) is 0. The van der Waals surface area contributed by atoms with E-state index in [0.717, 1.165) is 17.4 Å². The van der Waals surface area contributed by atoms with Gasteiger partial charge in [-0.3, -0.25) is 0 Å². The van der Waals surface area contributed by atoms with Crippen LogP contribution < -0.4 is 4.74 Å². The molecule has 0 saturated carbocycles. The van der Waals surface area contributed by atoms with E-state index in [1.54, 1.807) is 7.11 Å². The molecule has 0 bridgehead atoms. The molecular formula is C11H13N3OS. The predicted octanol–water partition coefficient (Wildman–Crippen LogP) is 2.31. The zero-order valence-corrected chi connectivity index (χ0v) is 9.91. The van der Waals surface area contributed by atoms with Gasteiger partial charge in [0.25, 0.3) is 0 Å². The minimum atomic E-state index is 0.464. The number of hydrogen-bond acceptors (Lipinski definition) is 4. The molecule has 0 N–H and O–H groups in total. The van der Waals surface area contributed by atoms with Crippen LogP contribution in [0.1, 0.15) is 23.9 Å². The monoisotopic (exact) mass is 235 g/mol. The van der Waals surface area contributed by atoms with Crippen molar-refractivity contribution in [2.75, 3.05) is 12.9 Å². The Kier molecular flexibility index (Phi) is 2.47. The number of methoxy groups -OCH3 is 1. The largest absolute Gasteiger partial charge is 0.482 e. The minimum absolute atomic E-state index is 0.464. The Labute approximate surface area is 98.0 Å². The summed E-state index contributed by atoms with van der Waals surface area (Å²) in [6, 6.07) is 5.84. The second kappa shape index (κ2) is 3.97. The van der Waals surface area contributed by atoms with Gasteiger partial charge >= 0.3 is 0 Å². The Morgan fingerprint density at radius 1 is 1.44 bits per heavy atom. The fourth-order valence-corrected chi connectivity index (χ4v) is 3.34. The summed E-state index contributed by atoms with van der Waals surface area (Å²) in [7, 11) is 1.68. The van der Waals surface area contributed by atoms with Crippen molar-refractivity contribution in [3.63, 3.8) is 0 Å². The summed E-state index contributed by atoms with van der Waals surface area (Å²) >= 11 is 1.96. The van der Waals surface area contributed by atoms with Gasteiger partial charge in [0, 0.05) is 0 Å². The molecule has 0 aromatic carbocycles. The molecule has 1 atom stereocenters. The topological polar surface area (TPSA) is 39.4 Å². The lowest BCUT2D eigenvalue weighted by atomic mass is 10.2. The molecule has 4 nitrogen and oxygen atoms in total. The zero-order valence-electron chi connectivity index (χ0n) is 9.09. The van der Waals surface area contributed by atoms with Crippen LogP contribution in [0, 0.1) is 0 Å². The number of hydrogen-bond donors (Lipinski definition) is 0. The summed E-state index contributed by atoms with van der Waals surface area (Å²) in [5, 5.41) is 8.95. The fraction of sp³-hybridized carbons (Fsp3) is 0.455.